The minimum atomic E-state index is -0.355. The molecule has 0 spiro atoms. The molecule has 1 aliphatic rings. The van der Waals surface area contributed by atoms with Gasteiger partial charge in [-0.25, -0.2) is 5.01 Å². The fourth-order valence-electron chi connectivity index (χ4n) is 3.03. The van der Waals surface area contributed by atoms with Gasteiger partial charge in [0, 0.05) is 12.0 Å². The van der Waals surface area contributed by atoms with Crippen LogP contribution in [0.3, 0.4) is 0 Å². The van der Waals surface area contributed by atoms with Crippen LogP contribution in [0, 0.1) is 0 Å². The molecule has 0 saturated heterocycles. The second-order valence-corrected chi connectivity index (χ2v) is 6.37. The molecule has 0 N–H and O–H groups in total. The number of Topliss-reactive ketones (excluding diaryl/α,β-unsaturated/α-hetero) is 1. The van der Waals surface area contributed by atoms with Crippen molar-refractivity contribution in [3.05, 3.63) is 78.1 Å². The lowest BCUT2D eigenvalue weighted by Gasteiger charge is -2.20. The summed E-state index contributed by atoms with van der Waals surface area (Å²) in [6.45, 7) is 1.31. The van der Waals surface area contributed by atoms with Crippen molar-refractivity contribution < 1.29 is 23.2 Å². The van der Waals surface area contributed by atoms with Crippen molar-refractivity contribution in [2.45, 2.75) is 19.4 Å². The highest BCUT2D eigenvalue weighted by Crippen LogP contribution is 2.33. The zero-order valence-electron chi connectivity index (χ0n) is 15.2. The number of carbonyl (C=O) groups is 2. The number of hydrogen-bond donors (Lipinski definition) is 0. The molecular formula is C21H18N2O5. The van der Waals surface area contributed by atoms with Crippen molar-refractivity contribution in [1.29, 1.82) is 0 Å². The molecule has 1 unspecified atom stereocenters. The van der Waals surface area contributed by atoms with Crippen LogP contribution in [0.4, 0.5) is 0 Å². The Morgan fingerprint density at radius 2 is 1.86 bits per heavy atom. The summed E-state index contributed by atoms with van der Waals surface area (Å²) in [7, 11) is 0. The van der Waals surface area contributed by atoms with E-state index in [4.69, 9.17) is 13.6 Å². The van der Waals surface area contributed by atoms with Crippen LogP contribution in [0.1, 0.15) is 41.3 Å². The topological polar surface area (TPSA) is 85.3 Å². The van der Waals surface area contributed by atoms with Crippen LogP contribution >= 0.6 is 0 Å². The van der Waals surface area contributed by atoms with Crippen molar-refractivity contribution in [3.8, 4) is 5.75 Å². The van der Waals surface area contributed by atoms with Gasteiger partial charge in [0.25, 0.3) is 5.91 Å². The van der Waals surface area contributed by atoms with E-state index in [-0.39, 0.29) is 24.3 Å². The lowest BCUT2D eigenvalue weighted by molar-refractivity contribution is -0.135. The average Bonchev–Trinajstić information content (AvgIpc) is 3.46. The van der Waals surface area contributed by atoms with Crippen LogP contribution < -0.4 is 4.74 Å². The molecule has 1 atom stereocenters. The number of rotatable bonds is 6. The summed E-state index contributed by atoms with van der Waals surface area (Å²) in [6.07, 6.45) is 3.62. The smallest absolute Gasteiger partial charge is 0.281 e. The summed E-state index contributed by atoms with van der Waals surface area (Å²) in [6, 6.07) is 13.5. The van der Waals surface area contributed by atoms with Crippen LogP contribution in [-0.4, -0.2) is 29.0 Å². The molecule has 0 fully saturated rings. The van der Waals surface area contributed by atoms with Crippen LogP contribution in [0.5, 0.6) is 5.75 Å². The Balaban J connectivity index is 1.49. The van der Waals surface area contributed by atoms with Gasteiger partial charge in [0.2, 0.25) is 0 Å². The summed E-state index contributed by atoms with van der Waals surface area (Å²) in [5, 5.41) is 5.82. The van der Waals surface area contributed by atoms with Gasteiger partial charge < -0.3 is 13.6 Å². The standard InChI is InChI=1S/C21H18N2O5/c1-14(24)15-6-8-16(9-7-15)28-13-21(25)23-18(20-5-3-11-27-20)12-17(22-23)19-4-2-10-26-19/h2-11,18H,12-13H2,1H3. The van der Waals surface area contributed by atoms with E-state index in [1.807, 2.05) is 6.07 Å². The van der Waals surface area contributed by atoms with E-state index in [0.717, 1.165) is 0 Å². The first-order valence-corrected chi connectivity index (χ1v) is 8.82. The molecule has 0 aliphatic carbocycles. The Morgan fingerprint density at radius 1 is 1.11 bits per heavy atom. The van der Waals surface area contributed by atoms with Gasteiger partial charge >= 0.3 is 0 Å². The molecule has 1 amide bonds. The number of ether oxygens (including phenoxy) is 1. The monoisotopic (exact) mass is 378 g/mol. The highest BCUT2D eigenvalue weighted by molar-refractivity contribution is 6.01. The number of carbonyl (C=O) groups excluding carboxylic acids is 2. The molecule has 0 saturated carbocycles. The number of furan rings is 2. The molecule has 4 rings (SSSR count). The zero-order valence-corrected chi connectivity index (χ0v) is 15.2. The zero-order chi connectivity index (χ0) is 19.5. The quantitative estimate of drug-likeness (QED) is 0.609. The van der Waals surface area contributed by atoms with Crippen LogP contribution in [0.15, 0.2) is 75.0 Å². The Bertz CT molecular complexity index is 988. The minimum absolute atomic E-state index is 0.0271. The third-order valence-corrected chi connectivity index (χ3v) is 4.47. The molecule has 3 heterocycles. The van der Waals surface area contributed by atoms with E-state index in [9.17, 15) is 9.59 Å². The van der Waals surface area contributed by atoms with E-state index >= 15 is 0 Å². The van der Waals surface area contributed by atoms with Crippen molar-refractivity contribution in [3.63, 3.8) is 0 Å². The van der Waals surface area contributed by atoms with Crippen LogP contribution in [0.2, 0.25) is 0 Å². The van der Waals surface area contributed by atoms with Gasteiger partial charge in [-0.3, -0.25) is 9.59 Å². The Morgan fingerprint density at radius 3 is 2.50 bits per heavy atom. The van der Waals surface area contributed by atoms with Gasteiger partial charge in [0.1, 0.15) is 29.0 Å². The SMILES string of the molecule is CC(=O)c1ccc(OCC(=O)N2N=C(c3ccco3)CC2c2ccco2)cc1. The van der Waals surface area contributed by atoms with Crippen LogP contribution in [0.25, 0.3) is 0 Å². The lowest BCUT2D eigenvalue weighted by atomic mass is 10.1. The van der Waals surface area contributed by atoms with Crippen LogP contribution in [-0.2, 0) is 4.79 Å². The summed E-state index contributed by atoms with van der Waals surface area (Å²) in [5.41, 5.74) is 1.26. The molecule has 0 radical (unpaired) electrons. The first-order chi connectivity index (χ1) is 13.6. The van der Waals surface area contributed by atoms with E-state index in [1.54, 1.807) is 55.0 Å². The minimum Gasteiger partial charge on any atom is -0.484 e. The molecule has 142 valence electrons. The molecule has 7 heteroatoms. The maximum absolute atomic E-state index is 12.8. The summed E-state index contributed by atoms with van der Waals surface area (Å²) < 4.78 is 16.5. The summed E-state index contributed by atoms with van der Waals surface area (Å²) >= 11 is 0. The van der Waals surface area contributed by atoms with Crippen molar-refractivity contribution in [2.24, 2.45) is 5.10 Å². The van der Waals surface area contributed by atoms with Gasteiger partial charge in [-0.15, -0.1) is 0 Å². The fourth-order valence-corrected chi connectivity index (χ4v) is 3.03. The molecule has 7 nitrogen and oxygen atoms in total. The van der Waals surface area contributed by atoms with Crippen molar-refractivity contribution >= 4 is 17.4 Å². The first kappa shape index (κ1) is 17.8. The third kappa shape index (κ3) is 3.59. The number of hydrogen-bond acceptors (Lipinski definition) is 6. The molecular weight excluding hydrogens is 360 g/mol. The predicted molar refractivity (Wildman–Crippen MR) is 100 cm³/mol. The number of nitrogens with zero attached hydrogens (tertiary/aromatic N) is 2. The molecule has 0 bridgehead atoms. The average molecular weight is 378 g/mol. The van der Waals surface area contributed by atoms with Gasteiger partial charge in [-0.05, 0) is 55.5 Å². The molecule has 1 aromatic carbocycles. The normalized spacial score (nSPS) is 16.1. The maximum atomic E-state index is 12.8. The number of hydrazone groups is 1. The second-order valence-electron chi connectivity index (χ2n) is 6.37. The number of benzene rings is 1. The number of amides is 1. The highest BCUT2D eigenvalue weighted by atomic mass is 16.5. The second kappa shape index (κ2) is 7.56. The fraction of sp³-hybridized carbons (Fsp3) is 0.190. The number of ketones is 1. The van der Waals surface area contributed by atoms with Crippen molar-refractivity contribution in [1.82, 2.24) is 5.01 Å². The Hall–Kier alpha value is -3.61. The third-order valence-electron chi connectivity index (χ3n) is 4.47. The van der Waals surface area contributed by atoms with E-state index in [0.29, 0.717) is 35.0 Å². The largest absolute Gasteiger partial charge is 0.484 e. The summed E-state index contributed by atoms with van der Waals surface area (Å²) in [4.78, 5) is 24.1. The molecule has 3 aromatic rings. The van der Waals surface area contributed by atoms with Gasteiger partial charge in [0.05, 0.1) is 12.5 Å². The maximum Gasteiger partial charge on any atom is 0.281 e. The molecule has 1 aliphatic heterocycles. The highest BCUT2D eigenvalue weighted by Gasteiger charge is 2.35. The van der Waals surface area contributed by atoms with Gasteiger partial charge in [0.15, 0.2) is 12.4 Å². The van der Waals surface area contributed by atoms with Gasteiger partial charge in [-0.2, -0.15) is 5.10 Å². The predicted octanol–water partition coefficient (Wildman–Crippen LogP) is 3.83. The molecule has 2 aromatic heterocycles. The Kier molecular flexibility index (Phi) is 4.80. The summed E-state index contributed by atoms with van der Waals surface area (Å²) in [5.74, 6) is 1.43. The first-order valence-electron chi connectivity index (χ1n) is 8.82. The Labute approximate surface area is 161 Å². The van der Waals surface area contributed by atoms with E-state index < -0.39 is 0 Å². The molecule has 28 heavy (non-hydrogen) atoms. The van der Waals surface area contributed by atoms with Crippen molar-refractivity contribution in [2.75, 3.05) is 6.61 Å². The van der Waals surface area contributed by atoms with E-state index in [2.05, 4.69) is 5.10 Å². The van der Waals surface area contributed by atoms with Gasteiger partial charge in [-0.1, -0.05) is 0 Å². The van der Waals surface area contributed by atoms with E-state index in [1.165, 1.54) is 11.9 Å². The lowest BCUT2D eigenvalue weighted by Crippen LogP contribution is -2.31.